The predicted octanol–water partition coefficient (Wildman–Crippen LogP) is 3.98. The minimum absolute atomic E-state index is 0.436. The lowest BCUT2D eigenvalue weighted by molar-refractivity contribution is -0.122. The van der Waals surface area contributed by atoms with Gasteiger partial charge in [0.25, 0.3) is 5.91 Å². The van der Waals surface area contributed by atoms with Crippen LogP contribution in [0, 0.1) is 13.8 Å². The summed E-state index contributed by atoms with van der Waals surface area (Å²) in [4.78, 5) is 21.3. The molecule has 0 aliphatic heterocycles. The molecule has 0 radical (unpaired) electrons. The highest BCUT2D eigenvalue weighted by atomic mass is 35.5. The maximum Gasteiger partial charge on any atom is 0.257 e. The molecule has 8 heteroatoms. The minimum atomic E-state index is -1.27. The Kier molecular flexibility index (Phi) is 5.56. The molecule has 7 nitrogen and oxygen atoms in total. The van der Waals surface area contributed by atoms with Crippen molar-refractivity contribution in [3.05, 3.63) is 58.5 Å². The summed E-state index contributed by atoms with van der Waals surface area (Å²) < 4.78 is 1.93. The second kappa shape index (κ2) is 8.17. The third-order valence-corrected chi connectivity index (χ3v) is 5.69. The third-order valence-electron chi connectivity index (χ3n) is 5.39. The number of fused-ring (bicyclic) bond motifs is 1. The van der Waals surface area contributed by atoms with E-state index in [4.69, 9.17) is 17.3 Å². The zero-order valence-electron chi connectivity index (χ0n) is 17.6. The van der Waals surface area contributed by atoms with Crippen molar-refractivity contribution < 1.29 is 9.90 Å². The molecule has 2 heterocycles. The van der Waals surface area contributed by atoms with E-state index in [2.05, 4.69) is 15.3 Å². The number of amides is 1. The van der Waals surface area contributed by atoms with Crippen LogP contribution in [0.5, 0.6) is 0 Å². The molecule has 0 saturated heterocycles. The Morgan fingerprint density at radius 2 is 2.06 bits per heavy atom. The molecular weight excluding hydrogens is 414 g/mol. The summed E-state index contributed by atoms with van der Waals surface area (Å²) in [6, 6.07) is 5.58. The number of carbonyl (C=O) groups is 1. The summed E-state index contributed by atoms with van der Waals surface area (Å²) in [6.07, 6.45) is 5.62. The molecule has 0 bridgehead atoms. The van der Waals surface area contributed by atoms with Gasteiger partial charge in [-0.1, -0.05) is 23.7 Å². The molecule has 4 rings (SSSR count). The van der Waals surface area contributed by atoms with Crippen LogP contribution in [0.3, 0.4) is 0 Å². The molecule has 1 atom stereocenters. The fourth-order valence-corrected chi connectivity index (χ4v) is 4.14. The first-order valence-electron chi connectivity index (χ1n) is 10.00. The van der Waals surface area contributed by atoms with E-state index in [-0.39, 0.29) is 0 Å². The lowest BCUT2D eigenvalue weighted by Crippen LogP contribution is -2.29. The van der Waals surface area contributed by atoms with Crippen molar-refractivity contribution in [2.75, 3.05) is 11.1 Å². The number of aryl methyl sites for hydroxylation is 3. The average molecular weight is 438 g/mol. The quantitative estimate of drug-likeness (QED) is 0.572. The van der Waals surface area contributed by atoms with E-state index in [0.29, 0.717) is 34.4 Å². The van der Waals surface area contributed by atoms with Gasteiger partial charge in [-0.3, -0.25) is 4.79 Å². The first-order chi connectivity index (χ1) is 14.7. The van der Waals surface area contributed by atoms with Crippen LogP contribution >= 0.6 is 11.6 Å². The number of nitrogens with two attached hydrogens (primary N) is 1. The minimum Gasteiger partial charge on any atom is -0.383 e. The number of benzene rings is 1. The molecule has 0 spiro atoms. The van der Waals surface area contributed by atoms with Gasteiger partial charge in [0.05, 0.1) is 5.39 Å². The molecule has 0 fully saturated rings. The van der Waals surface area contributed by atoms with Crippen LogP contribution in [-0.2, 0) is 11.8 Å². The molecule has 31 heavy (non-hydrogen) atoms. The molecular formula is C23H24ClN5O2. The largest absolute Gasteiger partial charge is 0.383 e. The Morgan fingerprint density at radius 1 is 1.29 bits per heavy atom. The van der Waals surface area contributed by atoms with Gasteiger partial charge in [0.1, 0.15) is 17.3 Å². The van der Waals surface area contributed by atoms with Crippen molar-refractivity contribution in [3.8, 4) is 11.1 Å². The molecule has 1 aliphatic rings. The van der Waals surface area contributed by atoms with Crippen molar-refractivity contribution in [1.82, 2.24) is 14.5 Å². The summed E-state index contributed by atoms with van der Waals surface area (Å²) >= 11 is 6.04. The molecule has 1 unspecified atom stereocenters. The molecule has 3 aromatic rings. The summed E-state index contributed by atoms with van der Waals surface area (Å²) in [5, 5.41) is 14.6. The van der Waals surface area contributed by atoms with E-state index < -0.39 is 12.0 Å². The van der Waals surface area contributed by atoms with Crippen LogP contribution in [0.1, 0.15) is 24.2 Å². The molecule has 1 amide bonds. The monoisotopic (exact) mass is 437 g/mol. The number of carbonyl (C=O) groups excluding carboxylic acids is 1. The van der Waals surface area contributed by atoms with Crippen LogP contribution in [-0.4, -0.2) is 31.7 Å². The fraction of sp³-hybridized carbons (Fsp3) is 0.261. The van der Waals surface area contributed by atoms with E-state index in [1.165, 1.54) is 0 Å². The number of aliphatic hydroxyl groups excluding tert-OH is 1. The number of halogens is 1. The van der Waals surface area contributed by atoms with Gasteiger partial charge in [-0.2, -0.15) is 0 Å². The van der Waals surface area contributed by atoms with Crippen LogP contribution in [0.2, 0.25) is 0 Å². The normalized spacial score (nSPS) is 14.9. The standard InChI is InChI=1S/C23H24ClN5O2/c1-12-9-16(28-23(31)20(30)14-5-4-6-15(24)10-14)7-8-17(12)18-11-29(3)22-19(18)21(25)26-13(2)27-22/h5,7-11,20,30H,4,6H2,1-3H3,(H,28,31)(H2,25,26,27). The number of nitrogens with zero attached hydrogens (tertiary/aromatic N) is 3. The van der Waals surface area contributed by atoms with Crippen molar-refractivity contribution in [3.63, 3.8) is 0 Å². The predicted molar refractivity (Wildman–Crippen MR) is 124 cm³/mol. The van der Waals surface area contributed by atoms with Gasteiger partial charge < -0.3 is 20.7 Å². The van der Waals surface area contributed by atoms with E-state index >= 15 is 0 Å². The van der Waals surface area contributed by atoms with Gasteiger partial charge in [0.15, 0.2) is 6.10 Å². The first-order valence-corrected chi connectivity index (χ1v) is 10.4. The van der Waals surface area contributed by atoms with Crippen molar-refractivity contribution >= 4 is 40.0 Å². The number of aliphatic hydroxyl groups is 1. The average Bonchev–Trinajstić information content (AvgIpc) is 3.04. The van der Waals surface area contributed by atoms with Gasteiger partial charge in [-0.15, -0.1) is 0 Å². The van der Waals surface area contributed by atoms with Crippen LogP contribution in [0.25, 0.3) is 22.2 Å². The second-order valence-corrected chi connectivity index (χ2v) is 8.25. The van der Waals surface area contributed by atoms with Gasteiger partial charge in [-0.05, 0) is 61.6 Å². The zero-order chi connectivity index (χ0) is 22.3. The third kappa shape index (κ3) is 4.06. The van der Waals surface area contributed by atoms with Gasteiger partial charge in [0.2, 0.25) is 0 Å². The maximum absolute atomic E-state index is 12.5. The summed E-state index contributed by atoms with van der Waals surface area (Å²) in [5.74, 6) is 0.556. The molecule has 1 aliphatic carbocycles. The number of rotatable bonds is 4. The highest BCUT2D eigenvalue weighted by molar-refractivity contribution is 6.29. The van der Waals surface area contributed by atoms with Crippen LogP contribution in [0.4, 0.5) is 11.5 Å². The lowest BCUT2D eigenvalue weighted by atomic mass is 9.99. The number of hydrogen-bond donors (Lipinski definition) is 3. The number of allylic oxidation sites excluding steroid dienone is 2. The summed E-state index contributed by atoms with van der Waals surface area (Å²) in [5.41, 5.74) is 10.9. The number of hydrogen-bond acceptors (Lipinski definition) is 5. The molecule has 160 valence electrons. The Hall–Kier alpha value is -3.16. The maximum atomic E-state index is 12.5. The van der Waals surface area contributed by atoms with Crippen LogP contribution < -0.4 is 11.1 Å². The second-order valence-electron chi connectivity index (χ2n) is 7.76. The van der Waals surface area contributed by atoms with Crippen LogP contribution in [0.15, 0.2) is 47.2 Å². The summed E-state index contributed by atoms with van der Waals surface area (Å²) in [6.45, 7) is 3.77. The number of nitrogen functional groups attached to an aromatic ring is 1. The van der Waals surface area contributed by atoms with E-state index in [9.17, 15) is 9.90 Å². The molecule has 2 aromatic heterocycles. The Bertz CT molecular complexity index is 1260. The highest BCUT2D eigenvalue weighted by Crippen LogP contribution is 2.35. The molecule has 4 N–H and O–H groups in total. The summed E-state index contributed by atoms with van der Waals surface area (Å²) in [7, 11) is 1.92. The Labute approximate surface area is 185 Å². The van der Waals surface area contributed by atoms with E-state index in [0.717, 1.165) is 34.1 Å². The number of aromatic nitrogens is 3. The first kappa shape index (κ1) is 21.1. The van der Waals surface area contributed by atoms with Crippen molar-refractivity contribution in [2.45, 2.75) is 32.8 Å². The van der Waals surface area contributed by atoms with E-state index in [1.54, 1.807) is 12.1 Å². The Balaban J connectivity index is 1.62. The topological polar surface area (TPSA) is 106 Å². The number of anilines is 2. The van der Waals surface area contributed by atoms with Crippen molar-refractivity contribution in [1.29, 1.82) is 0 Å². The SMILES string of the molecule is Cc1nc(N)c2c(-c3ccc(NC(=O)C(O)C4=CCCC(Cl)=C4)cc3C)cn(C)c2n1. The highest BCUT2D eigenvalue weighted by Gasteiger charge is 2.21. The fourth-order valence-electron chi connectivity index (χ4n) is 3.90. The van der Waals surface area contributed by atoms with Gasteiger partial charge in [-0.25, -0.2) is 9.97 Å². The van der Waals surface area contributed by atoms with Crippen molar-refractivity contribution in [2.24, 2.45) is 7.05 Å². The smallest absolute Gasteiger partial charge is 0.257 e. The Morgan fingerprint density at radius 3 is 2.77 bits per heavy atom. The van der Waals surface area contributed by atoms with Gasteiger partial charge >= 0.3 is 0 Å². The molecule has 1 aromatic carbocycles. The molecule has 0 saturated carbocycles. The van der Waals surface area contributed by atoms with E-state index in [1.807, 2.05) is 49.9 Å². The number of nitrogens with one attached hydrogen (secondary N) is 1. The zero-order valence-corrected chi connectivity index (χ0v) is 18.4. The lowest BCUT2D eigenvalue weighted by Gasteiger charge is -2.16. The van der Waals surface area contributed by atoms with Gasteiger partial charge in [0, 0.05) is 29.5 Å².